The minimum Gasteiger partial charge on any atom is -0.616 e. The average Bonchev–Trinajstić information content (AvgIpc) is 2.43. The van der Waals surface area contributed by atoms with Crippen molar-refractivity contribution in [1.82, 2.24) is 0 Å². The zero-order valence-electron chi connectivity index (χ0n) is 10.5. The van der Waals surface area contributed by atoms with Crippen LogP contribution in [0.15, 0.2) is 39.5 Å². The van der Waals surface area contributed by atoms with Crippen molar-refractivity contribution < 1.29 is 13.9 Å². The van der Waals surface area contributed by atoms with Crippen molar-refractivity contribution in [2.45, 2.75) is 6.92 Å². The van der Waals surface area contributed by atoms with E-state index in [9.17, 15) is 10.0 Å². The predicted molar refractivity (Wildman–Crippen MR) is 70.2 cm³/mol. The first-order chi connectivity index (χ1) is 9.11. The lowest BCUT2D eigenvalue weighted by molar-refractivity contribution is -0.591. The van der Waals surface area contributed by atoms with Crippen molar-refractivity contribution in [2.24, 2.45) is 0 Å². The van der Waals surface area contributed by atoms with Crippen LogP contribution in [0.3, 0.4) is 0 Å². The third-order valence-corrected chi connectivity index (χ3v) is 3.11. The van der Waals surface area contributed by atoms with E-state index in [1.807, 2.05) is 0 Å². The van der Waals surface area contributed by atoms with Gasteiger partial charge in [0.2, 0.25) is 5.43 Å². The van der Waals surface area contributed by atoms with E-state index in [1.54, 1.807) is 37.3 Å². The van der Waals surface area contributed by atoms with Crippen LogP contribution in [-0.4, -0.2) is 7.11 Å². The summed E-state index contributed by atoms with van der Waals surface area (Å²) in [4.78, 5) is 12.4. The molecule has 2 heterocycles. The quantitative estimate of drug-likeness (QED) is 0.379. The Balaban J connectivity index is 2.52. The SMILES string of the molecule is COc1ccc2oc3c(ccc(C)[n+]3[O-])c(=O)c2c1. The molecule has 0 saturated heterocycles. The number of fused-ring (bicyclic) bond motifs is 2. The summed E-state index contributed by atoms with van der Waals surface area (Å²) >= 11 is 0. The van der Waals surface area contributed by atoms with Crippen LogP contribution in [0.25, 0.3) is 22.1 Å². The summed E-state index contributed by atoms with van der Waals surface area (Å²) in [5, 5.41) is 12.6. The molecule has 19 heavy (non-hydrogen) atoms. The van der Waals surface area contributed by atoms with Gasteiger partial charge in [0.15, 0.2) is 5.69 Å². The summed E-state index contributed by atoms with van der Waals surface area (Å²) in [6.07, 6.45) is 0. The van der Waals surface area contributed by atoms with Gasteiger partial charge in [-0.2, -0.15) is 0 Å². The molecule has 0 atom stereocenters. The number of hydrogen-bond acceptors (Lipinski definition) is 4. The second kappa shape index (κ2) is 3.98. The van der Waals surface area contributed by atoms with Crippen LogP contribution in [0.2, 0.25) is 0 Å². The Morgan fingerprint density at radius 2 is 2.00 bits per heavy atom. The van der Waals surface area contributed by atoms with Gasteiger partial charge in [-0.25, -0.2) is 0 Å². The van der Waals surface area contributed by atoms with Crippen LogP contribution in [0.4, 0.5) is 0 Å². The van der Waals surface area contributed by atoms with Gasteiger partial charge in [0, 0.05) is 13.0 Å². The molecular formula is C14H11NO4. The average molecular weight is 257 g/mol. The van der Waals surface area contributed by atoms with Gasteiger partial charge in [-0.05, 0) is 24.3 Å². The molecule has 0 bridgehead atoms. The fourth-order valence-electron chi connectivity index (χ4n) is 2.03. The Labute approximate surface area is 108 Å². The van der Waals surface area contributed by atoms with Crippen LogP contribution in [-0.2, 0) is 0 Å². The van der Waals surface area contributed by atoms with Gasteiger partial charge in [-0.3, -0.25) is 4.79 Å². The minimum atomic E-state index is -0.236. The molecule has 0 aliphatic heterocycles. The molecule has 3 rings (SSSR count). The molecule has 0 amide bonds. The zero-order valence-corrected chi connectivity index (χ0v) is 10.5. The summed E-state index contributed by atoms with van der Waals surface area (Å²) in [7, 11) is 1.53. The molecule has 0 radical (unpaired) electrons. The summed E-state index contributed by atoms with van der Waals surface area (Å²) < 4.78 is 11.2. The maximum Gasteiger partial charge on any atom is 0.396 e. The number of ether oxygens (including phenoxy) is 1. The molecule has 0 N–H and O–H groups in total. The highest BCUT2D eigenvalue weighted by Crippen LogP contribution is 2.21. The second-order valence-corrected chi connectivity index (χ2v) is 4.28. The highest BCUT2D eigenvalue weighted by atomic mass is 16.5. The Morgan fingerprint density at radius 1 is 1.21 bits per heavy atom. The smallest absolute Gasteiger partial charge is 0.396 e. The van der Waals surface area contributed by atoms with Gasteiger partial charge < -0.3 is 14.4 Å². The number of methoxy groups -OCH3 is 1. The number of rotatable bonds is 1. The van der Waals surface area contributed by atoms with Crippen molar-refractivity contribution in [3.05, 3.63) is 51.5 Å². The largest absolute Gasteiger partial charge is 0.616 e. The molecule has 0 fully saturated rings. The number of hydrogen-bond donors (Lipinski definition) is 0. The Morgan fingerprint density at radius 3 is 2.74 bits per heavy atom. The topological polar surface area (TPSA) is 66.4 Å². The first-order valence-electron chi connectivity index (χ1n) is 5.75. The molecule has 5 nitrogen and oxygen atoms in total. The van der Waals surface area contributed by atoms with Crippen molar-refractivity contribution in [3.8, 4) is 5.75 Å². The van der Waals surface area contributed by atoms with E-state index in [-0.39, 0.29) is 16.5 Å². The number of aromatic nitrogens is 1. The van der Waals surface area contributed by atoms with Crippen LogP contribution in [0.5, 0.6) is 5.75 Å². The normalized spacial score (nSPS) is 11.1. The van der Waals surface area contributed by atoms with Crippen LogP contribution < -0.4 is 14.9 Å². The second-order valence-electron chi connectivity index (χ2n) is 4.28. The predicted octanol–water partition coefficient (Wildman–Crippen LogP) is 1.90. The fourth-order valence-corrected chi connectivity index (χ4v) is 2.03. The highest BCUT2D eigenvalue weighted by Gasteiger charge is 2.16. The molecule has 3 aromatic rings. The highest BCUT2D eigenvalue weighted by molar-refractivity contribution is 5.87. The maximum atomic E-state index is 12.4. The van der Waals surface area contributed by atoms with Crippen LogP contribution in [0.1, 0.15) is 5.69 Å². The van der Waals surface area contributed by atoms with Gasteiger partial charge in [0.25, 0.3) is 0 Å². The molecule has 0 unspecified atom stereocenters. The van der Waals surface area contributed by atoms with E-state index in [2.05, 4.69) is 0 Å². The lowest BCUT2D eigenvalue weighted by atomic mass is 10.1. The van der Waals surface area contributed by atoms with E-state index < -0.39 is 0 Å². The Kier molecular flexibility index (Phi) is 2.41. The summed E-state index contributed by atoms with van der Waals surface area (Å²) in [5.41, 5.74) is 0.638. The van der Waals surface area contributed by atoms with Crippen LogP contribution in [0, 0.1) is 12.1 Å². The lowest BCUT2D eigenvalue weighted by Crippen LogP contribution is -2.31. The van der Waals surface area contributed by atoms with Gasteiger partial charge in [0.05, 0.1) is 12.5 Å². The number of aryl methyl sites for hydroxylation is 1. The van der Waals surface area contributed by atoms with E-state index in [4.69, 9.17) is 9.15 Å². The fraction of sp³-hybridized carbons (Fsp3) is 0.143. The number of pyridine rings is 1. The number of benzene rings is 1. The molecule has 1 aromatic carbocycles. The van der Waals surface area contributed by atoms with E-state index >= 15 is 0 Å². The van der Waals surface area contributed by atoms with E-state index in [1.165, 1.54) is 7.11 Å². The van der Waals surface area contributed by atoms with Crippen molar-refractivity contribution in [2.75, 3.05) is 7.11 Å². The molecule has 2 aromatic heterocycles. The molecule has 0 aliphatic carbocycles. The van der Waals surface area contributed by atoms with Crippen LogP contribution >= 0.6 is 0 Å². The summed E-state index contributed by atoms with van der Waals surface area (Å²) in [6, 6.07) is 8.11. The summed E-state index contributed by atoms with van der Waals surface area (Å²) in [5.74, 6) is 0.571. The van der Waals surface area contributed by atoms with Gasteiger partial charge >= 0.3 is 5.71 Å². The monoisotopic (exact) mass is 257 g/mol. The van der Waals surface area contributed by atoms with Crippen molar-refractivity contribution in [3.63, 3.8) is 0 Å². The van der Waals surface area contributed by atoms with Gasteiger partial charge in [0.1, 0.15) is 16.7 Å². The standard InChI is InChI=1S/C14H11NO4/c1-8-3-5-10-13(16)11-7-9(18-2)4-6-12(11)19-14(10)15(8)17/h3-7H,1-2H3. The van der Waals surface area contributed by atoms with Gasteiger partial charge in [-0.15, -0.1) is 4.73 Å². The molecule has 0 aliphatic rings. The summed E-state index contributed by atoms with van der Waals surface area (Å²) in [6.45, 7) is 1.66. The minimum absolute atomic E-state index is 0.0302. The third-order valence-electron chi connectivity index (χ3n) is 3.11. The molecule has 0 spiro atoms. The Hall–Kier alpha value is -2.56. The van der Waals surface area contributed by atoms with Crippen molar-refractivity contribution in [1.29, 1.82) is 0 Å². The lowest BCUT2D eigenvalue weighted by Gasteiger charge is -2.05. The molecule has 0 saturated carbocycles. The maximum absolute atomic E-state index is 12.4. The first kappa shape index (κ1) is 11.5. The van der Waals surface area contributed by atoms with Crippen molar-refractivity contribution >= 4 is 22.1 Å². The van der Waals surface area contributed by atoms with E-state index in [0.717, 1.165) is 0 Å². The zero-order chi connectivity index (χ0) is 13.6. The molecular weight excluding hydrogens is 246 g/mol. The molecule has 5 heteroatoms. The molecule has 96 valence electrons. The van der Waals surface area contributed by atoms with E-state index in [0.29, 0.717) is 27.1 Å². The first-order valence-corrected chi connectivity index (χ1v) is 5.75. The third kappa shape index (κ3) is 1.62. The van der Waals surface area contributed by atoms with Gasteiger partial charge in [-0.1, -0.05) is 0 Å². The number of nitrogens with zero attached hydrogens (tertiary/aromatic N) is 1. The Bertz CT molecular complexity index is 851.